The zero-order valence-electron chi connectivity index (χ0n) is 11.5. The molecule has 8 nitrogen and oxygen atoms in total. The highest BCUT2D eigenvalue weighted by molar-refractivity contribution is 7.87. The van der Waals surface area contributed by atoms with Gasteiger partial charge in [-0.25, -0.2) is 4.72 Å². The van der Waals surface area contributed by atoms with Gasteiger partial charge in [-0.1, -0.05) is 11.6 Å². The van der Waals surface area contributed by atoms with Crippen LogP contribution in [-0.2, 0) is 16.8 Å². The van der Waals surface area contributed by atoms with E-state index in [1.165, 1.54) is 4.31 Å². The van der Waals surface area contributed by atoms with Gasteiger partial charge in [-0.05, 0) is 19.3 Å². The molecule has 3 N–H and O–H groups in total. The van der Waals surface area contributed by atoms with Crippen LogP contribution in [0.1, 0.15) is 25.7 Å². The first-order valence-corrected chi connectivity index (χ1v) is 8.38. The van der Waals surface area contributed by atoms with Crippen molar-refractivity contribution in [3.8, 4) is 0 Å². The molecule has 0 radical (unpaired) electrons. The number of nitrogens with one attached hydrogen (secondary N) is 1. The van der Waals surface area contributed by atoms with Crippen molar-refractivity contribution in [2.45, 2.75) is 38.3 Å². The van der Waals surface area contributed by atoms with Crippen LogP contribution in [0.4, 0.5) is 0 Å². The highest BCUT2D eigenvalue weighted by atomic mass is 32.2. The quantitative estimate of drug-likeness (QED) is 0.649. The Hall–Kier alpha value is -1.03. The van der Waals surface area contributed by atoms with Crippen LogP contribution in [-0.4, -0.2) is 53.4 Å². The Morgan fingerprint density at radius 1 is 1.40 bits per heavy atom. The first-order valence-electron chi connectivity index (χ1n) is 6.94. The van der Waals surface area contributed by atoms with Gasteiger partial charge in [0.25, 0.3) is 10.2 Å². The Balaban J connectivity index is 1.80. The first-order chi connectivity index (χ1) is 9.63. The average Bonchev–Trinajstić information content (AvgIpc) is 2.97. The molecule has 1 aliphatic rings. The molecular weight excluding hydrogens is 280 g/mol. The van der Waals surface area contributed by atoms with Crippen LogP contribution >= 0.6 is 0 Å². The molecule has 2 heterocycles. The summed E-state index contributed by atoms with van der Waals surface area (Å²) in [5.74, 6) is 0. The van der Waals surface area contributed by atoms with Crippen molar-refractivity contribution in [1.82, 2.24) is 24.0 Å². The lowest BCUT2D eigenvalue weighted by Gasteiger charge is -2.33. The lowest BCUT2D eigenvalue weighted by molar-refractivity contribution is 0.254. The van der Waals surface area contributed by atoms with E-state index in [1.54, 1.807) is 17.1 Å². The SMILES string of the molecule is NCC1CCCCN1S(=O)(=O)NCCCn1ccnn1. The van der Waals surface area contributed by atoms with Crippen LogP contribution in [0.3, 0.4) is 0 Å². The molecule has 114 valence electrons. The van der Waals surface area contributed by atoms with Crippen LogP contribution in [0.25, 0.3) is 0 Å². The van der Waals surface area contributed by atoms with Gasteiger partial charge in [-0.15, -0.1) is 5.10 Å². The van der Waals surface area contributed by atoms with Crippen molar-refractivity contribution in [2.24, 2.45) is 5.73 Å². The average molecular weight is 302 g/mol. The van der Waals surface area contributed by atoms with E-state index in [0.29, 0.717) is 32.6 Å². The minimum Gasteiger partial charge on any atom is -0.329 e. The number of hydrogen-bond acceptors (Lipinski definition) is 5. The summed E-state index contributed by atoms with van der Waals surface area (Å²) in [5.41, 5.74) is 5.66. The highest BCUT2D eigenvalue weighted by Crippen LogP contribution is 2.18. The summed E-state index contributed by atoms with van der Waals surface area (Å²) in [4.78, 5) is 0. The predicted molar refractivity (Wildman–Crippen MR) is 75.0 cm³/mol. The first kappa shape index (κ1) is 15.4. The van der Waals surface area contributed by atoms with E-state index in [0.717, 1.165) is 19.3 Å². The number of piperidine rings is 1. The second kappa shape index (κ2) is 7.11. The summed E-state index contributed by atoms with van der Waals surface area (Å²) in [7, 11) is -3.43. The van der Waals surface area contributed by atoms with E-state index in [9.17, 15) is 8.42 Å². The summed E-state index contributed by atoms with van der Waals surface area (Å²) < 4.78 is 30.3. The maximum absolute atomic E-state index is 12.2. The van der Waals surface area contributed by atoms with Gasteiger partial charge in [0.05, 0.1) is 6.20 Å². The van der Waals surface area contributed by atoms with Crippen LogP contribution in [0.15, 0.2) is 12.4 Å². The molecule has 0 bridgehead atoms. The third-order valence-electron chi connectivity index (χ3n) is 3.47. The molecule has 0 saturated carbocycles. The number of hydrogen-bond donors (Lipinski definition) is 2. The van der Waals surface area contributed by atoms with E-state index in [-0.39, 0.29) is 6.04 Å². The van der Waals surface area contributed by atoms with Gasteiger partial charge >= 0.3 is 0 Å². The van der Waals surface area contributed by atoms with E-state index in [4.69, 9.17) is 5.73 Å². The zero-order chi connectivity index (χ0) is 14.4. The molecule has 0 aliphatic carbocycles. The molecular formula is C11H22N6O2S. The van der Waals surface area contributed by atoms with Crippen molar-refractivity contribution in [1.29, 1.82) is 0 Å². The molecule has 1 aromatic rings. The summed E-state index contributed by atoms with van der Waals surface area (Å²) in [6.07, 6.45) is 6.81. The predicted octanol–water partition coefficient (Wildman–Crippen LogP) is -0.684. The fourth-order valence-electron chi connectivity index (χ4n) is 2.40. The van der Waals surface area contributed by atoms with Gasteiger partial charge in [0.2, 0.25) is 0 Å². The summed E-state index contributed by atoms with van der Waals surface area (Å²) in [6, 6.07) is -0.0726. The molecule has 0 aromatic carbocycles. The van der Waals surface area contributed by atoms with Crippen LogP contribution < -0.4 is 10.5 Å². The molecule has 0 amide bonds. The maximum Gasteiger partial charge on any atom is 0.279 e. The fraction of sp³-hybridized carbons (Fsp3) is 0.818. The Morgan fingerprint density at radius 3 is 2.95 bits per heavy atom. The van der Waals surface area contributed by atoms with Crippen molar-refractivity contribution in [3.63, 3.8) is 0 Å². The number of aryl methyl sites for hydroxylation is 1. The Kier molecular flexibility index (Phi) is 5.46. The summed E-state index contributed by atoms with van der Waals surface area (Å²) in [6.45, 7) is 1.96. The number of nitrogens with zero attached hydrogens (tertiary/aromatic N) is 4. The Labute approximate surface area is 119 Å². The molecule has 1 atom stereocenters. The fourth-order valence-corrected chi connectivity index (χ4v) is 3.92. The topological polar surface area (TPSA) is 106 Å². The number of aromatic nitrogens is 3. The minimum atomic E-state index is -3.43. The highest BCUT2D eigenvalue weighted by Gasteiger charge is 2.30. The largest absolute Gasteiger partial charge is 0.329 e. The van der Waals surface area contributed by atoms with Gasteiger partial charge in [-0.3, -0.25) is 4.68 Å². The van der Waals surface area contributed by atoms with Crippen molar-refractivity contribution < 1.29 is 8.42 Å². The molecule has 1 aliphatic heterocycles. The second-order valence-electron chi connectivity index (χ2n) is 4.92. The van der Waals surface area contributed by atoms with Crippen molar-refractivity contribution in [3.05, 3.63) is 12.4 Å². The van der Waals surface area contributed by atoms with Crippen LogP contribution in [0.2, 0.25) is 0 Å². The van der Waals surface area contributed by atoms with E-state index in [2.05, 4.69) is 15.0 Å². The van der Waals surface area contributed by atoms with Crippen LogP contribution in [0.5, 0.6) is 0 Å². The van der Waals surface area contributed by atoms with Crippen LogP contribution in [0, 0.1) is 0 Å². The second-order valence-corrected chi connectivity index (χ2v) is 6.62. The zero-order valence-corrected chi connectivity index (χ0v) is 12.3. The molecule has 1 fully saturated rings. The molecule has 9 heteroatoms. The molecule has 1 saturated heterocycles. The number of rotatable bonds is 7. The van der Waals surface area contributed by atoms with Gasteiger partial charge in [0.1, 0.15) is 0 Å². The molecule has 0 spiro atoms. The van der Waals surface area contributed by atoms with Gasteiger partial charge in [-0.2, -0.15) is 12.7 Å². The maximum atomic E-state index is 12.2. The van der Waals surface area contributed by atoms with Crippen molar-refractivity contribution in [2.75, 3.05) is 19.6 Å². The Bertz CT molecular complexity index is 489. The van der Waals surface area contributed by atoms with E-state index < -0.39 is 10.2 Å². The third kappa shape index (κ3) is 3.98. The number of nitrogens with two attached hydrogens (primary N) is 1. The third-order valence-corrected chi connectivity index (χ3v) is 5.14. The van der Waals surface area contributed by atoms with E-state index >= 15 is 0 Å². The molecule has 2 rings (SSSR count). The van der Waals surface area contributed by atoms with Gasteiger partial charge < -0.3 is 5.73 Å². The van der Waals surface area contributed by atoms with Crippen molar-refractivity contribution >= 4 is 10.2 Å². The Morgan fingerprint density at radius 2 is 2.25 bits per heavy atom. The van der Waals surface area contributed by atoms with Gasteiger partial charge in [0, 0.05) is 38.4 Å². The standard InChI is InChI=1S/C11H22N6O2S/c12-10-11-4-1-2-8-17(11)20(18,19)14-5-3-7-16-9-6-13-15-16/h6,9,11,14H,1-5,7-8,10,12H2. The smallest absolute Gasteiger partial charge is 0.279 e. The lowest BCUT2D eigenvalue weighted by Crippen LogP contribution is -2.51. The monoisotopic (exact) mass is 302 g/mol. The molecule has 1 aromatic heterocycles. The minimum absolute atomic E-state index is 0.0726. The van der Waals surface area contributed by atoms with E-state index in [1.807, 2.05) is 0 Å². The normalized spacial score (nSPS) is 21.1. The molecule has 20 heavy (non-hydrogen) atoms. The summed E-state index contributed by atoms with van der Waals surface area (Å²) >= 11 is 0. The lowest BCUT2D eigenvalue weighted by atomic mass is 10.1. The summed E-state index contributed by atoms with van der Waals surface area (Å²) in [5, 5.41) is 7.52. The molecule has 1 unspecified atom stereocenters. The van der Waals surface area contributed by atoms with Gasteiger partial charge in [0.15, 0.2) is 0 Å².